The van der Waals surface area contributed by atoms with Crippen molar-refractivity contribution in [1.82, 2.24) is 0 Å². The highest BCUT2D eigenvalue weighted by molar-refractivity contribution is 6.08. The molecular formula is C26H26N2O5. The van der Waals surface area contributed by atoms with Gasteiger partial charge in [0.15, 0.2) is 6.61 Å². The Balaban J connectivity index is 1.60. The van der Waals surface area contributed by atoms with Crippen molar-refractivity contribution in [1.29, 1.82) is 0 Å². The van der Waals surface area contributed by atoms with Crippen molar-refractivity contribution < 1.29 is 24.2 Å². The number of rotatable bonds is 8. The van der Waals surface area contributed by atoms with E-state index in [-0.39, 0.29) is 23.8 Å². The number of carbonyl (C=O) groups excluding carboxylic acids is 2. The maximum atomic E-state index is 12.6. The molecule has 3 N–H and O–H groups in total. The second kappa shape index (κ2) is 10.5. The zero-order chi connectivity index (χ0) is 24.0. The van der Waals surface area contributed by atoms with Crippen LogP contribution in [0.4, 0.5) is 11.4 Å². The molecule has 0 saturated carbocycles. The van der Waals surface area contributed by atoms with Gasteiger partial charge in [-0.2, -0.15) is 0 Å². The summed E-state index contributed by atoms with van der Waals surface area (Å²) in [6, 6.07) is 18.6. The summed E-state index contributed by atoms with van der Waals surface area (Å²) in [5.41, 5.74) is 2.99. The molecule has 0 aliphatic carbocycles. The highest BCUT2D eigenvalue weighted by Crippen LogP contribution is 2.21. The van der Waals surface area contributed by atoms with Crippen molar-refractivity contribution in [3.05, 3.63) is 89.0 Å². The first-order chi connectivity index (χ1) is 15.7. The van der Waals surface area contributed by atoms with Crippen LogP contribution in [0.25, 0.3) is 0 Å². The zero-order valence-corrected chi connectivity index (χ0v) is 18.7. The summed E-state index contributed by atoms with van der Waals surface area (Å²) in [7, 11) is 0. The molecule has 3 rings (SSSR count). The number of carboxylic acids is 1. The molecule has 0 unspecified atom stereocenters. The van der Waals surface area contributed by atoms with E-state index in [0.29, 0.717) is 28.5 Å². The summed E-state index contributed by atoms with van der Waals surface area (Å²) in [6.45, 7) is 5.84. The molecule has 0 aliphatic heterocycles. The van der Waals surface area contributed by atoms with Crippen LogP contribution in [0, 0.1) is 6.92 Å². The second-order valence-corrected chi connectivity index (χ2v) is 7.90. The van der Waals surface area contributed by atoms with E-state index in [4.69, 9.17) is 4.74 Å². The van der Waals surface area contributed by atoms with Gasteiger partial charge in [0.05, 0.1) is 11.3 Å². The number of anilines is 2. The summed E-state index contributed by atoms with van der Waals surface area (Å²) in [4.78, 5) is 36.2. The normalized spacial score (nSPS) is 10.5. The molecule has 0 aliphatic rings. The number of ether oxygens (including phenoxy) is 1. The van der Waals surface area contributed by atoms with Crippen LogP contribution in [0.2, 0.25) is 0 Å². The molecule has 0 fully saturated rings. The van der Waals surface area contributed by atoms with Crippen molar-refractivity contribution in [3.63, 3.8) is 0 Å². The molecule has 7 heteroatoms. The molecule has 0 heterocycles. The van der Waals surface area contributed by atoms with E-state index in [1.54, 1.807) is 37.3 Å². The van der Waals surface area contributed by atoms with Crippen LogP contribution in [0.15, 0.2) is 66.7 Å². The average Bonchev–Trinajstić information content (AvgIpc) is 2.79. The number of carboxylic acid groups (broad SMARTS) is 1. The van der Waals surface area contributed by atoms with E-state index in [1.807, 2.05) is 24.3 Å². The number of aromatic carboxylic acids is 1. The Labute approximate surface area is 192 Å². The summed E-state index contributed by atoms with van der Waals surface area (Å²) in [5.74, 6) is -0.864. The molecule has 33 heavy (non-hydrogen) atoms. The van der Waals surface area contributed by atoms with E-state index < -0.39 is 11.9 Å². The van der Waals surface area contributed by atoms with Gasteiger partial charge in [-0.1, -0.05) is 38.1 Å². The number of para-hydroxylation sites is 1. The fourth-order valence-electron chi connectivity index (χ4n) is 3.20. The minimum atomic E-state index is -1.13. The Hall–Kier alpha value is -4.13. The van der Waals surface area contributed by atoms with Gasteiger partial charge >= 0.3 is 5.97 Å². The number of carbonyl (C=O) groups is 3. The first kappa shape index (κ1) is 23.5. The van der Waals surface area contributed by atoms with Crippen molar-refractivity contribution in [3.8, 4) is 5.75 Å². The van der Waals surface area contributed by atoms with Crippen molar-refractivity contribution in [2.45, 2.75) is 26.7 Å². The molecule has 3 aromatic carbocycles. The van der Waals surface area contributed by atoms with Crippen LogP contribution in [-0.4, -0.2) is 29.5 Å². The Morgan fingerprint density at radius 2 is 1.61 bits per heavy atom. The lowest BCUT2D eigenvalue weighted by Gasteiger charge is -2.12. The van der Waals surface area contributed by atoms with Crippen molar-refractivity contribution in [2.75, 3.05) is 17.2 Å². The number of aryl methyl sites for hydroxylation is 1. The zero-order valence-electron chi connectivity index (χ0n) is 18.7. The predicted molar refractivity (Wildman–Crippen MR) is 127 cm³/mol. The van der Waals surface area contributed by atoms with E-state index in [9.17, 15) is 19.5 Å². The standard InChI is InChI=1S/C26H26N2O5/c1-16(2)18-8-11-20(12-9-18)33-15-24(29)27-22-13-10-19(14-17(22)3)25(30)28-23-7-5-4-6-21(23)26(31)32/h4-14,16H,15H2,1-3H3,(H,27,29)(H,28,30)(H,31,32). The number of amides is 2. The monoisotopic (exact) mass is 446 g/mol. The molecule has 0 saturated heterocycles. The third kappa shape index (κ3) is 6.20. The molecule has 7 nitrogen and oxygen atoms in total. The number of nitrogens with one attached hydrogen (secondary N) is 2. The molecule has 0 atom stereocenters. The third-order valence-electron chi connectivity index (χ3n) is 5.09. The van der Waals surface area contributed by atoms with Crippen LogP contribution >= 0.6 is 0 Å². The van der Waals surface area contributed by atoms with Crippen LogP contribution in [0.1, 0.15) is 51.6 Å². The Morgan fingerprint density at radius 1 is 0.909 bits per heavy atom. The van der Waals surface area contributed by atoms with Gasteiger partial charge in [-0.3, -0.25) is 9.59 Å². The van der Waals surface area contributed by atoms with Crippen LogP contribution in [-0.2, 0) is 4.79 Å². The molecule has 2 amide bonds. The van der Waals surface area contributed by atoms with Gasteiger partial charge < -0.3 is 20.5 Å². The second-order valence-electron chi connectivity index (χ2n) is 7.90. The van der Waals surface area contributed by atoms with Gasteiger partial charge in [0.1, 0.15) is 5.75 Å². The van der Waals surface area contributed by atoms with Crippen LogP contribution in [0.3, 0.4) is 0 Å². The number of benzene rings is 3. The van der Waals surface area contributed by atoms with Gasteiger partial charge in [0.25, 0.3) is 11.8 Å². The molecule has 0 radical (unpaired) electrons. The molecule has 3 aromatic rings. The van der Waals surface area contributed by atoms with Gasteiger partial charge in [0.2, 0.25) is 0 Å². The topological polar surface area (TPSA) is 105 Å². The molecule has 170 valence electrons. The SMILES string of the molecule is Cc1cc(C(=O)Nc2ccccc2C(=O)O)ccc1NC(=O)COc1ccc(C(C)C)cc1. The average molecular weight is 447 g/mol. The van der Waals surface area contributed by atoms with Crippen molar-refractivity contribution in [2.24, 2.45) is 0 Å². The largest absolute Gasteiger partial charge is 0.484 e. The summed E-state index contributed by atoms with van der Waals surface area (Å²) < 4.78 is 5.55. The smallest absolute Gasteiger partial charge is 0.337 e. The lowest BCUT2D eigenvalue weighted by atomic mass is 10.0. The van der Waals surface area contributed by atoms with Crippen LogP contribution < -0.4 is 15.4 Å². The first-order valence-electron chi connectivity index (χ1n) is 10.5. The highest BCUT2D eigenvalue weighted by Gasteiger charge is 2.14. The summed E-state index contributed by atoms with van der Waals surface area (Å²) in [5, 5.41) is 14.7. The third-order valence-corrected chi connectivity index (χ3v) is 5.09. The van der Waals surface area contributed by atoms with Gasteiger partial charge in [-0.05, 0) is 66.4 Å². The van der Waals surface area contributed by atoms with Gasteiger partial charge in [-0.25, -0.2) is 4.79 Å². The molecule has 0 bridgehead atoms. The van der Waals surface area contributed by atoms with E-state index >= 15 is 0 Å². The first-order valence-corrected chi connectivity index (χ1v) is 10.5. The fraction of sp³-hybridized carbons (Fsp3) is 0.192. The maximum absolute atomic E-state index is 12.6. The quantitative estimate of drug-likeness (QED) is 0.447. The minimum absolute atomic E-state index is 0.00491. The number of hydrogen-bond donors (Lipinski definition) is 3. The minimum Gasteiger partial charge on any atom is -0.484 e. The lowest BCUT2D eigenvalue weighted by Crippen LogP contribution is -2.21. The Morgan fingerprint density at radius 3 is 2.24 bits per heavy atom. The summed E-state index contributed by atoms with van der Waals surface area (Å²) in [6.07, 6.45) is 0. The molecule has 0 spiro atoms. The molecule has 0 aromatic heterocycles. The van der Waals surface area contributed by atoms with Gasteiger partial charge in [-0.15, -0.1) is 0 Å². The lowest BCUT2D eigenvalue weighted by molar-refractivity contribution is -0.118. The Kier molecular flexibility index (Phi) is 7.46. The predicted octanol–water partition coefficient (Wildman–Crippen LogP) is 5.09. The van der Waals surface area contributed by atoms with E-state index in [0.717, 1.165) is 0 Å². The Bertz CT molecular complexity index is 1170. The van der Waals surface area contributed by atoms with Crippen LogP contribution in [0.5, 0.6) is 5.75 Å². The molecular weight excluding hydrogens is 420 g/mol. The summed E-state index contributed by atoms with van der Waals surface area (Å²) >= 11 is 0. The number of hydrogen-bond acceptors (Lipinski definition) is 4. The highest BCUT2D eigenvalue weighted by atomic mass is 16.5. The van der Waals surface area contributed by atoms with Gasteiger partial charge in [0, 0.05) is 11.3 Å². The van der Waals surface area contributed by atoms with E-state index in [1.165, 1.54) is 17.7 Å². The fourth-order valence-corrected chi connectivity index (χ4v) is 3.20. The van der Waals surface area contributed by atoms with E-state index in [2.05, 4.69) is 24.5 Å². The van der Waals surface area contributed by atoms with Crippen molar-refractivity contribution >= 4 is 29.2 Å². The maximum Gasteiger partial charge on any atom is 0.337 e.